The Labute approximate surface area is 109 Å². The Morgan fingerprint density at radius 3 is 2.72 bits per heavy atom. The fourth-order valence-corrected chi connectivity index (χ4v) is 2.24. The van der Waals surface area contributed by atoms with Crippen LogP contribution >= 0.6 is 0 Å². The van der Waals surface area contributed by atoms with Gasteiger partial charge in [-0.1, -0.05) is 6.92 Å². The normalized spacial score (nSPS) is 23.2. The van der Waals surface area contributed by atoms with Crippen molar-refractivity contribution in [3.05, 3.63) is 0 Å². The highest BCUT2D eigenvalue weighted by Gasteiger charge is 2.33. The first-order valence-electron chi connectivity index (χ1n) is 6.72. The van der Waals surface area contributed by atoms with Crippen LogP contribution < -0.4 is 5.32 Å². The van der Waals surface area contributed by atoms with Gasteiger partial charge in [0.25, 0.3) is 0 Å². The molecule has 0 aliphatic carbocycles. The van der Waals surface area contributed by atoms with Crippen molar-refractivity contribution in [2.24, 2.45) is 0 Å². The molecule has 1 saturated heterocycles. The van der Waals surface area contributed by atoms with Crippen LogP contribution in [0, 0.1) is 0 Å². The average Bonchev–Trinajstić information content (AvgIpc) is 2.68. The molecule has 5 heteroatoms. The van der Waals surface area contributed by atoms with E-state index < -0.39 is 0 Å². The average molecular weight is 256 g/mol. The number of amides is 1. The maximum atomic E-state index is 11.8. The molecule has 1 heterocycles. The minimum absolute atomic E-state index is 0.134. The molecule has 5 nitrogen and oxygen atoms in total. The first-order chi connectivity index (χ1) is 8.58. The van der Waals surface area contributed by atoms with Crippen molar-refractivity contribution in [2.75, 3.05) is 20.1 Å². The smallest absolute Gasteiger partial charge is 0.307 e. The van der Waals surface area contributed by atoms with Crippen molar-refractivity contribution in [1.29, 1.82) is 0 Å². The van der Waals surface area contributed by atoms with E-state index in [0.717, 1.165) is 12.8 Å². The molecule has 0 aromatic rings. The Morgan fingerprint density at radius 2 is 2.11 bits per heavy atom. The third kappa shape index (κ3) is 4.29. The number of nitrogens with one attached hydrogen (secondary N) is 1. The Hall–Kier alpha value is -1.10. The van der Waals surface area contributed by atoms with Crippen molar-refractivity contribution in [3.63, 3.8) is 0 Å². The van der Waals surface area contributed by atoms with E-state index in [1.807, 2.05) is 18.7 Å². The lowest BCUT2D eigenvalue weighted by molar-refractivity contribution is -0.149. The number of hydrogen-bond acceptors (Lipinski definition) is 4. The highest BCUT2D eigenvalue weighted by molar-refractivity contribution is 5.77. The predicted molar refractivity (Wildman–Crippen MR) is 69.1 cm³/mol. The molecule has 0 bridgehead atoms. The van der Waals surface area contributed by atoms with Gasteiger partial charge in [0, 0.05) is 25.4 Å². The second kappa shape index (κ2) is 7.36. The van der Waals surface area contributed by atoms with Crippen molar-refractivity contribution in [2.45, 2.75) is 51.7 Å². The van der Waals surface area contributed by atoms with Gasteiger partial charge in [0.1, 0.15) is 6.10 Å². The number of rotatable bonds is 6. The van der Waals surface area contributed by atoms with E-state index in [1.54, 1.807) is 7.05 Å². The van der Waals surface area contributed by atoms with Gasteiger partial charge in [0.05, 0.1) is 13.0 Å². The van der Waals surface area contributed by atoms with E-state index in [9.17, 15) is 9.59 Å². The summed E-state index contributed by atoms with van der Waals surface area (Å²) in [6.45, 7) is 5.17. The third-order valence-electron chi connectivity index (χ3n) is 3.20. The molecule has 104 valence electrons. The number of esters is 1. The van der Waals surface area contributed by atoms with Crippen molar-refractivity contribution < 1.29 is 14.3 Å². The van der Waals surface area contributed by atoms with Gasteiger partial charge < -0.3 is 15.0 Å². The predicted octanol–water partition coefficient (Wildman–Crippen LogP) is 0.929. The van der Waals surface area contributed by atoms with Crippen LogP contribution in [0.25, 0.3) is 0 Å². The molecule has 0 aromatic carbocycles. The highest BCUT2D eigenvalue weighted by atomic mass is 16.5. The summed E-state index contributed by atoms with van der Waals surface area (Å²) in [6.07, 6.45) is 2.43. The molecular weight excluding hydrogens is 232 g/mol. The van der Waals surface area contributed by atoms with E-state index in [0.29, 0.717) is 25.9 Å². The van der Waals surface area contributed by atoms with Crippen LogP contribution in [0.5, 0.6) is 0 Å². The zero-order valence-electron chi connectivity index (χ0n) is 11.6. The SMILES string of the molecule is CCCC(=O)N1CC(OC(=O)CCNC)CC1C. The summed E-state index contributed by atoms with van der Waals surface area (Å²) >= 11 is 0. The van der Waals surface area contributed by atoms with Gasteiger partial charge in [0.2, 0.25) is 5.91 Å². The standard InChI is InChI=1S/C13H24N2O3/c1-4-5-12(16)15-9-11(8-10(15)2)18-13(17)6-7-14-3/h10-11,14H,4-9H2,1-3H3. The molecule has 1 aliphatic rings. The molecular formula is C13H24N2O3. The van der Waals surface area contributed by atoms with Crippen LogP contribution in [0.4, 0.5) is 0 Å². The number of likely N-dealkylation sites (tertiary alicyclic amines) is 1. The van der Waals surface area contributed by atoms with E-state index >= 15 is 0 Å². The molecule has 0 saturated carbocycles. The number of ether oxygens (including phenoxy) is 1. The molecule has 2 unspecified atom stereocenters. The van der Waals surface area contributed by atoms with Gasteiger partial charge in [-0.2, -0.15) is 0 Å². The Balaban J connectivity index is 2.38. The topological polar surface area (TPSA) is 58.6 Å². The first-order valence-corrected chi connectivity index (χ1v) is 6.72. The number of nitrogens with zero attached hydrogens (tertiary/aromatic N) is 1. The van der Waals surface area contributed by atoms with Crippen LogP contribution in [-0.4, -0.2) is 49.1 Å². The monoisotopic (exact) mass is 256 g/mol. The van der Waals surface area contributed by atoms with Crippen LogP contribution in [0.3, 0.4) is 0 Å². The van der Waals surface area contributed by atoms with Crippen LogP contribution in [-0.2, 0) is 14.3 Å². The van der Waals surface area contributed by atoms with Crippen LogP contribution in [0.15, 0.2) is 0 Å². The minimum Gasteiger partial charge on any atom is -0.460 e. The lowest BCUT2D eigenvalue weighted by atomic mass is 10.2. The third-order valence-corrected chi connectivity index (χ3v) is 3.20. The van der Waals surface area contributed by atoms with Gasteiger partial charge in [0.15, 0.2) is 0 Å². The van der Waals surface area contributed by atoms with Crippen molar-refractivity contribution >= 4 is 11.9 Å². The molecule has 18 heavy (non-hydrogen) atoms. The number of carbonyl (C=O) groups excluding carboxylic acids is 2. The van der Waals surface area contributed by atoms with Gasteiger partial charge in [-0.25, -0.2) is 0 Å². The van der Waals surface area contributed by atoms with E-state index in [1.165, 1.54) is 0 Å². The van der Waals surface area contributed by atoms with Gasteiger partial charge in [-0.05, 0) is 20.4 Å². The molecule has 2 atom stereocenters. The Morgan fingerprint density at radius 1 is 1.39 bits per heavy atom. The lowest BCUT2D eigenvalue weighted by Gasteiger charge is -2.20. The van der Waals surface area contributed by atoms with Gasteiger partial charge in [-0.15, -0.1) is 0 Å². The summed E-state index contributed by atoms with van der Waals surface area (Å²) in [5.74, 6) is -0.0230. The zero-order valence-corrected chi connectivity index (χ0v) is 11.6. The number of hydrogen-bond donors (Lipinski definition) is 1. The Bertz CT molecular complexity index is 294. The fourth-order valence-electron chi connectivity index (χ4n) is 2.24. The molecule has 0 aromatic heterocycles. The molecule has 1 N–H and O–H groups in total. The Kier molecular flexibility index (Phi) is 6.12. The quantitative estimate of drug-likeness (QED) is 0.718. The van der Waals surface area contributed by atoms with Gasteiger partial charge >= 0.3 is 5.97 Å². The van der Waals surface area contributed by atoms with Gasteiger partial charge in [-0.3, -0.25) is 9.59 Å². The second-order valence-electron chi connectivity index (χ2n) is 4.85. The minimum atomic E-state index is -0.189. The van der Waals surface area contributed by atoms with Crippen molar-refractivity contribution in [1.82, 2.24) is 10.2 Å². The largest absolute Gasteiger partial charge is 0.460 e. The number of carbonyl (C=O) groups is 2. The molecule has 1 rings (SSSR count). The van der Waals surface area contributed by atoms with Crippen molar-refractivity contribution in [3.8, 4) is 0 Å². The fraction of sp³-hybridized carbons (Fsp3) is 0.846. The first kappa shape index (κ1) is 15.0. The summed E-state index contributed by atoms with van der Waals surface area (Å²) < 4.78 is 5.37. The zero-order chi connectivity index (χ0) is 13.5. The van der Waals surface area contributed by atoms with E-state index in [-0.39, 0.29) is 24.0 Å². The maximum Gasteiger partial charge on any atom is 0.307 e. The molecule has 1 aliphatic heterocycles. The molecule has 0 radical (unpaired) electrons. The van der Waals surface area contributed by atoms with Crippen LogP contribution in [0.1, 0.15) is 39.5 Å². The second-order valence-corrected chi connectivity index (χ2v) is 4.85. The lowest BCUT2D eigenvalue weighted by Crippen LogP contribution is -2.34. The maximum absolute atomic E-state index is 11.8. The highest BCUT2D eigenvalue weighted by Crippen LogP contribution is 2.21. The van der Waals surface area contributed by atoms with E-state index in [4.69, 9.17) is 4.74 Å². The van der Waals surface area contributed by atoms with E-state index in [2.05, 4.69) is 5.32 Å². The summed E-state index contributed by atoms with van der Waals surface area (Å²) in [5.41, 5.74) is 0. The van der Waals surface area contributed by atoms with Crippen LogP contribution in [0.2, 0.25) is 0 Å². The molecule has 1 amide bonds. The molecule has 1 fully saturated rings. The summed E-state index contributed by atoms with van der Waals surface area (Å²) in [6, 6.07) is 0.172. The molecule has 0 spiro atoms. The summed E-state index contributed by atoms with van der Waals surface area (Å²) in [4.78, 5) is 25.2. The summed E-state index contributed by atoms with van der Waals surface area (Å²) in [5, 5.41) is 2.91. The summed E-state index contributed by atoms with van der Waals surface area (Å²) in [7, 11) is 1.80.